The smallest absolute Gasteiger partial charge is 0.130 e. The highest BCUT2D eigenvalue weighted by molar-refractivity contribution is 5.71. The van der Waals surface area contributed by atoms with Crippen molar-refractivity contribution in [2.75, 3.05) is 20.9 Å². The van der Waals surface area contributed by atoms with Crippen LogP contribution in [-0.4, -0.2) is 20.9 Å². The van der Waals surface area contributed by atoms with Crippen LogP contribution in [0.1, 0.15) is 12.5 Å². The Hall–Kier alpha value is -1.51. The van der Waals surface area contributed by atoms with Gasteiger partial charge in [0.2, 0.25) is 0 Å². The minimum Gasteiger partial charge on any atom is -0.497 e. The van der Waals surface area contributed by atoms with Gasteiger partial charge in [-0.25, -0.2) is 4.39 Å². The van der Waals surface area contributed by atoms with E-state index in [4.69, 9.17) is 9.47 Å². The van der Waals surface area contributed by atoms with Crippen LogP contribution in [0.25, 0.3) is 5.57 Å². The van der Waals surface area contributed by atoms with Gasteiger partial charge in [0.25, 0.3) is 0 Å². The number of alkyl halides is 1. The van der Waals surface area contributed by atoms with E-state index in [9.17, 15) is 4.39 Å². The molecule has 0 aliphatic heterocycles. The molecule has 0 bridgehead atoms. The molecule has 0 aromatic heterocycles. The van der Waals surface area contributed by atoms with Crippen LogP contribution in [0, 0.1) is 0 Å². The number of hydrogen-bond donors (Lipinski definition) is 0. The quantitative estimate of drug-likeness (QED) is 0.760. The molecule has 0 atom stereocenters. The fourth-order valence-corrected chi connectivity index (χ4v) is 1.37. The van der Waals surface area contributed by atoms with Crippen molar-refractivity contribution in [3.8, 4) is 11.5 Å². The van der Waals surface area contributed by atoms with Crippen LogP contribution >= 0.6 is 0 Å². The Morgan fingerprint density at radius 2 is 2.07 bits per heavy atom. The highest BCUT2D eigenvalue weighted by Gasteiger charge is 2.08. The molecule has 0 aliphatic carbocycles. The van der Waals surface area contributed by atoms with E-state index in [0.717, 1.165) is 5.56 Å². The number of rotatable bonds is 4. The van der Waals surface area contributed by atoms with Crippen LogP contribution < -0.4 is 9.47 Å². The van der Waals surface area contributed by atoms with Crippen molar-refractivity contribution in [1.29, 1.82) is 0 Å². The van der Waals surface area contributed by atoms with Gasteiger partial charge < -0.3 is 9.47 Å². The molecule has 0 N–H and O–H groups in total. The summed E-state index contributed by atoms with van der Waals surface area (Å²) in [5.74, 6) is 1.32. The zero-order valence-corrected chi connectivity index (χ0v) is 9.21. The van der Waals surface area contributed by atoms with Crippen LogP contribution in [0.5, 0.6) is 11.5 Å². The van der Waals surface area contributed by atoms with Crippen molar-refractivity contribution in [3.63, 3.8) is 0 Å². The van der Waals surface area contributed by atoms with E-state index in [1.165, 1.54) is 0 Å². The lowest BCUT2D eigenvalue weighted by Crippen LogP contribution is -1.94. The summed E-state index contributed by atoms with van der Waals surface area (Å²) in [6, 6.07) is 5.33. The van der Waals surface area contributed by atoms with Crippen LogP contribution in [0.4, 0.5) is 4.39 Å². The van der Waals surface area contributed by atoms with E-state index in [1.54, 1.807) is 45.4 Å². The molecule has 0 unspecified atom stereocenters. The molecule has 2 nitrogen and oxygen atoms in total. The first-order valence-corrected chi connectivity index (χ1v) is 4.70. The normalized spacial score (nSPS) is 11.3. The Bertz CT molecular complexity index is 359. The topological polar surface area (TPSA) is 18.5 Å². The van der Waals surface area contributed by atoms with Crippen molar-refractivity contribution in [1.82, 2.24) is 0 Å². The Morgan fingerprint density at radius 1 is 1.33 bits per heavy atom. The maximum atomic E-state index is 12.7. The van der Waals surface area contributed by atoms with Gasteiger partial charge >= 0.3 is 0 Å². The molecule has 0 aliphatic rings. The van der Waals surface area contributed by atoms with Crippen molar-refractivity contribution < 1.29 is 13.9 Å². The number of benzene rings is 1. The summed E-state index contributed by atoms with van der Waals surface area (Å²) < 4.78 is 22.9. The first-order valence-electron chi connectivity index (χ1n) is 4.70. The Balaban J connectivity index is 3.18. The summed E-state index contributed by atoms with van der Waals surface area (Å²) in [4.78, 5) is 0. The van der Waals surface area contributed by atoms with Crippen molar-refractivity contribution in [3.05, 3.63) is 29.8 Å². The zero-order valence-electron chi connectivity index (χ0n) is 9.21. The first-order chi connectivity index (χ1) is 7.26. The maximum absolute atomic E-state index is 12.7. The molecule has 0 heterocycles. The third kappa shape index (κ3) is 2.49. The molecule has 3 heteroatoms. The lowest BCUT2D eigenvalue weighted by Gasteiger charge is -2.11. The third-order valence-corrected chi connectivity index (χ3v) is 2.25. The van der Waals surface area contributed by atoms with Gasteiger partial charge in [-0.3, -0.25) is 0 Å². The number of hydrogen-bond acceptors (Lipinski definition) is 2. The minimum atomic E-state index is -0.501. The third-order valence-electron chi connectivity index (χ3n) is 2.25. The zero-order chi connectivity index (χ0) is 11.3. The molecule has 1 aromatic carbocycles. The standard InChI is InChI=1S/C12H15FO2/c1-4-9(8-13)11-6-5-10(14-2)7-12(11)15-3/h4-7H,8H2,1-3H3/b9-4-. The first kappa shape index (κ1) is 11.6. The van der Waals surface area contributed by atoms with Crippen LogP contribution in [-0.2, 0) is 0 Å². The summed E-state index contributed by atoms with van der Waals surface area (Å²) in [5, 5.41) is 0. The van der Waals surface area contributed by atoms with Crippen molar-refractivity contribution in [2.24, 2.45) is 0 Å². The van der Waals surface area contributed by atoms with Crippen LogP contribution in [0.3, 0.4) is 0 Å². The van der Waals surface area contributed by atoms with E-state index in [-0.39, 0.29) is 0 Å². The van der Waals surface area contributed by atoms with E-state index in [2.05, 4.69) is 0 Å². The summed E-state index contributed by atoms with van der Waals surface area (Å²) in [7, 11) is 3.14. The summed E-state index contributed by atoms with van der Waals surface area (Å²) >= 11 is 0. The maximum Gasteiger partial charge on any atom is 0.130 e. The SMILES string of the molecule is C/C=C(/CF)c1ccc(OC)cc1OC. The molecule has 0 spiro atoms. The van der Waals surface area contributed by atoms with Gasteiger partial charge in [-0.2, -0.15) is 0 Å². The number of ether oxygens (including phenoxy) is 2. The fraction of sp³-hybridized carbons (Fsp3) is 0.333. The monoisotopic (exact) mass is 210 g/mol. The number of methoxy groups -OCH3 is 2. The predicted molar refractivity (Wildman–Crippen MR) is 59.2 cm³/mol. The lowest BCUT2D eigenvalue weighted by atomic mass is 10.1. The molecule has 0 amide bonds. The van der Waals surface area contributed by atoms with Crippen molar-refractivity contribution >= 4 is 5.57 Å². The van der Waals surface area contributed by atoms with Crippen LogP contribution in [0.15, 0.2) is 24.3 Å². The Labute approximate surface area is 89.3 Å². The molecule has 1 rings (SSSR count). The molecule has 0 fully saturated rings. The van der Waals surface area contributed by atoms with Gasteiger partial charge in [0.1, 0.15) is 18.2 Å². The van der Waals surface area contributed by atoms with E-state index < -0.39 is 6.67 Å². The second-order valence-corrected chi connectivity index (χ2v) is 3.01. The molecule has 1 aromatic rings. The molecule has 0 radical (unpaired) electrons. The second kappa shape index (κ2) is 5.39. The molecule has 15 heavy (non-hydrogen) atoms. The van der Waals surface area contributed by atoms with E-state index in [1.807, 2.05) is 0 Å². The molecular weight excluding hydrogens is 195 g/mol. The van der Waals surface area contributed by atoms with Crippen molar-refractivity contribution in [2.45, 2.75) is 6.92 Å². The van der Waals surface area contributed by atoms with Gasteiger partial charge in [-0.1, -0.05) is 6.08 Å². The Morgan fingerprint density at radius 3 is 2.53 bits per heavy atom. The molecule has 82 valence electrons. The molecule has 0 saturated heterocycles. The van der Waals surface area contributed by atoms with E-state index in [0.29, 0.717) is 17.1 Å². The van der Waals surface area contributed by atoms with Crippen LogP contribution in [0.2, 0.25) is 0 Å². The van der Waals surface area contributed by atoms with E-state index >= 15 is 0 Å². The largest absolute Gasteiger partial charge is 0.497 e. The van der Waals surface area contributed by atoms with Gasteiger partial charge in [-0.15, -0.1) is 0 Å². The average molecular weight is 210 g/mol. The van der Waals surface area contributed by atoms with Gasteiger partial charge in [-0.05, 0) is 24.6 Å². The highest BCUT2D eigenvalue weighted by Crippen LogP contribution is 2.30. The summed E-state index contributed by atoms with van der Waals surface area (Å²) in [6.07, 6.45) is 1.74. The van der Waals surface area contributed by atoms with Gasteiger partial charge in [0.05, 0.1) is 14.2 Å². The number of allylic oxidation sites excluding steroid dienone is 2. The molecule has 0 saturated carbocycles. The second-order valence-electron chi connectivity index (χ2n) is 3.01. The summed E-state index contributed by atoms with van der Waals surface area (Å²) in [5.41, 5.74) is 1.39. The predicted octanol–water partition coefficient (Wildman–Crippen LogP) is 3.08. The van der Waals surface area contributed by atoms with Gasteiger partial charge in [0, 0.05) is 11.6 Å². The number of halogens is 1. The fourth-order valence-electron chi connectivity index (χ4n) is 1.37. The lowest BCUT2D eigenvalue weighted by molar-refractivity contribution is 0.393. The van der Waals surface area contributed by atoms with Gasteiger partial charge in [0.15, 0.2) is 0 Å². The average Bonchev–Trinajstić information content (AvgIpc) is 2.31. The minimum absolute atomic E-state index is 0.501. The Kier molecular flexibility index (Phi) is 4.16. The highest BCUT2D eigenvalue weighted by atomic mass is 19.1. The summed E-state index contributed by atoms with van der Waals surface area (Å²) in [6.45, 7) is 1.30. The molecular formula is C12H15FO2.